The molecule has 0 aliphatic carbocycles. The summed E-state index contributed by atoms with van der Waals surface area (Å²) in [5.74, 6) is 0.585. The second-order valence-corrected chi connectivity index (χ2v) is 8.21. The first-order valence-corrected chi connectivity index (χ1v) is 10.5. The zero-order chi connectivity index (χ0) is 23.0. The summed E-state index contributed by atoms with van der Waals surface area (Å²) >= 11 is 0. The van der Waals surface area contributed by atoms with Crippen LogP contribution in [0.4, 0.5) is 5.69 Å². The molecule has 0 atom stereocenters. The summed E-state index contributed by atoms with van der Waals surface area (Å²) in [5.41, 5.74) is 0.807. The number of hydrogen-bond acceptors (Lipinski definition) is 4. The summed E-state index contributed by atoms with van der Waals surface area (Å²) in [6.07, 6.45) is 0. The SMILES string of the molecule is CC(C)(C)NC(=O)c1ccccc1NC(=O)c1ccccc1OCCOc1ccccc1. The number of amides is 2. The molecule has 0 radical (unpaired) electrons. The maximum Gasteiger partial charge on any atom is 0.259 e. The molecule has 0 saturated heterocycles. The number of carbonyl (C=O) groups excluding carboxylic acids is 2. The van der Waals surface area contributed by atoms with Gasteiger partial charge in [0.15, 0.2) is 0 Å². The second kappa shape index (κ2) is 10.5. The van der Waals surface area contributed by atoms with E-state index in [1.165, 1.54) is 0 Å². The largest absolute Gasteiger partial charge is 0.490 e. The van der Waals surface area contributed by atoms with Crippen molar-refractivity contribution in [1.82, 2.24) is 5.32 Å². The summed E-state index contributed by atoms with van der Waals surface area (Å²) in [6.45, 7) is 6.34. The molecule has 0 fully saturated rings. The van der Waals surface area contributed by atoms with Crippen LogP contribution >= 0.6 is 0 Å². The smallest absolute Gasteiger partial charge is 0.259 e. The minimum atomic E-state index is -0.392. The van der Waals surface area contributed by atoms with E-state index in [0.717, 1.165) is 5.75 Å². The molecule has 6 heteroatoms. The number of anilines is 1. The van der Waals surface area contributed by atoms with Gasteiger partial charge in [-0.3, -0.25) is 9.59 Å². The molecule has 0 bridgehead atoms. The minimum absolute atomic E-state index is 0.254. The van der Waals surface area contributed by atoms with Gasteiger partial charge >= 0.3 is 0 Å². The van der Waals surface area contributed by atoms with Crippen LogP contribution in [-0.4, -0.2) is 30.6 Å². The Hall–Kier alpha value is -3.80. The molecule has 0 spiro atoms. The molecule has 2 N–H and O–H groups in total. The van der Waals surface area contributed by atoms with Crippen LogP contribution in [0.2, 0.25) is 0 Å². The number of nitrogens with one attached hydrogen (secondary N) is 2. The second-order valence-electron chi connectivity index (χ2n) is 8.21. The van der Waals surface area contributed by atoms with Crippen LogP contribution in [0.5, 0.6) is 11.5 Å². The molecule has 6 nitrogen and oxygen atoms in total. The van der Waals surface area contributed by atoms with Crippen molar-refractivity contribution in [3.8, 4) is 11.5 Å². The van der Waals surface area contributed by atoms with Gasteiger partial charge in [-0.15, -0.1) is 0 Å². The lowest BCUT2D eigenvalue weighted by molar-refractivity contribution is 0.0920. The molecule has 0 unspecified atom stereocenters. The number of rotatable bonds is 8. The van der Waals surface area contributed by atoms with Gasteiger partial charge in [0, 0.05) is 5.54 Å². The van der Waals surface area contributed by atoms with Crippen LogP contribution in [0, 0.1) is 0 Å². The molecule has 166 valence electrons. The third-order valence-electron chi connectivity index (χ3n) is 4.39. The van der Waals surface area contributed by atoms with Crippen molar-refractivity contribution in [2.24, 2.45) is 0 Å². The molecule has 2 amide bonds. The van der Waals surface area contributed by atoms with Gasteiger partial charge < -0.3 is 20.1 Å². The van der Waals surface area contributed by atoms with Gasteiger partial charge in [0.05, 0.1) is 16.8 Å². The summed E-state index contributed by atoms with van der Waals surface area (Å²) in [4.78, 5) is 25.7. The molecule has 0 aliphatic rings. The lowest BCUT2D eigenvalue weighted by Gasteiger charge is -2.21. The Balaban J connectivity index is 1.67. The average Bonchev–Trinajstić information content (AvgIpc) is 2.77. The van der Waals surface area contributed by atoms with Crippen LogP contribution in [-0.2, 0) is 0 Å². The highest BCUT2D eigenvalue weighted by atomic mass is 16.5. The van der Waals surface area contributed by atoms with Crippen molar-refractivity contribution >= 4 is 17.5 Å². The van der Waals surface area contributed by atoms with E-state index >= 15 is 0 Å². The van der Waals surface area contributed by atoms with Crippen LogP contribution in [0.3, 0.4) is 0 Å². The van der Waals surface area contributed by atoms with E-state index in [4.69, 9.17) is 9.47 Å². The van der Waals surface area contributed by atoms with E-state index in [1.807, 2.05) is 51.1 Å². The fourth-order valence-electron chi connectivity index (χ4n) is 3.00. The highest BCUT2D eigenvalue weighted by Crippen LogP contribution is 2.22. The average molecular weight is 433 g/mol. The Bertz CT molecular complexity index is 1060. The maximum atomic E-state index is 13.0. The van der Waals surface area contributed by atoms with Crippen molar-refractivity contribution in [2.45, 2.75) is 26.3 Å². The van der Waals surface area contributed by atoms with Gasteiger partial charge in [-0.2, -0.15) is 0 Å². The Morgan fingerprint density at radius 3 is 2.03 bits per heavy atom. The fourth-order valence-corrected chi connectivity index (χ4v) is 3.00. The van der Waals surface area contributed by atoms with Gasteiger partial charge in [0.25, 0.3) is 11.8 Å². The third-order valence-corrected chi connectivity index (χ3v) is 4.39. The normalized spacial score (nSPS) is 10.8. The lowest BCUT2D eigenvalue weighted by atomic mass is 10.1. The molecule has 0 aromatic heterocycles. The van der Waals surface area contributed by atoms with Crippen LogP contribution < -0.4 is 20.1 Å². The molecule has 3 aromatic rings. The van der Waals surface area contributed by atoms with Crippen molar-refractivity contribution in [2.75, 3.05) is 18.5 Å². The Morgan fingerprint density at radius 2 is 1.31 bits per heavy atom. The number of ether oxygens (including phenoxy) is 2. The summed E-state index contributed by atoms with van der Waals surface area (Å²) in [5, 5.41) is 5.76. The fraction of sp³-hybridized carbons (Fsp3) is 0.231. The molecular formula is C26H28N2O4. The van der Waals surface area contributed by atoms with E-state index in [9.17, 15) is 9.59 Å². The van der Waals surface area contributed by atoms with E-state index in [2.05, 4.69) is 10.6 Å². The number of para-hydroxylation sites is 3. The van der Waals surface area contributed by atoms with Crippen LogP contribution in [0.25, 0.3) is 0 Å². The number of benzene rings is 3. The minimum Gasteiger partial charge on any atom is -0.490 e. The summed E-state index contributed by atoms with van der Waals surface area (Å²) < 4.78 is 11.4. The van der Waals surface area contributed by atoms with Gasteiger partial charge in [-0.05, 0) is 57.2 Å². The zero-order valence-corrected chi connectivity index (χ0v) is 18.6. The lowest BCUT2D eigenvalue weighted by Crippen LogP contribution is -2.40. The van der Waals surface area contributed by atoms with Crippen molar-refractivity contribution in [1.29, 1.82) is 0 Å². The van der Waals surface area contributed by atoms with Crippen LogP contribution in [0.1, 0.15) is 41.5 Å². The zero-order valence-electron chi connectivity index (χ0n) is 18.6. The Kier molecular flexibility index (Phi) is 7.49. The monoisotopic (exact) mass is 432 g/mol. The highest BCUT2D eigenvalue weighted by molar-refractivity contribution is 6.10. The Morgan fingerprint density at radius 1 is 0.719 bits per heavy atom. The van der Waals surface area contributed by atoms with E-state index in [0.29, 0.717) is 29.2 Å². The number of hydrogen-bond donors (Lipinski definition) is 2. The molecule has 3 aromatic carbocycles. The maximum absolute atomic E-state index is 13.0. The van der Waals surface area contributed by atoms with Gasteiger partial charge in [0.1, 0.15) is 24.7 Å². The predicted octanol–water partition coefficient (Wildman–Crippen LogP) is 4.93. The van der Waals surface area contributed by atoms with Crippen molar-refractivity contribution in [3.05, 3.63) is 90.0 Å². The molecule has 0 heterocycles. The quantitative estimate of drug-likeness (QED) is 0.495. The van der Waals surface area contributed by atoms with E-state index < -0.39 is 5.54 Å². The van der Waals surface area contributed by atoms with Crippen molar-refractivity contribution < 1.29 is 19.1 Å². The Labute approximate surface area is 188 Å². The topological polar surface area (TPSA) is 76.7 Å². The van der Waals surface area contributed by atoms with E-state index in [1.54, 1.807) is 48.5 Å². The molecule has 3 rings (SSSR count). The predicted molar refractivity (Wildman–Crippen MR) is 125 cm³/mol. The molecule has 32 heavy (non-hydrogen) atoms. The summed E-state index contributed by atoms with van der Waals surface area (Å²) in [6, 6.07) is 23.3. The van der Waals surface area contributed by atoms with Gasteiger partial charge in [0.2, 0.25) is 0 Å². The standard InChI is InChI=1S/C26H28N2O4/c1-26(2,3)28-25(30)20-13-7-9-15-22(20)27-24(29)21-14-8-10-16-23(21)32-18-17-31-19-11-5-4-6-12-19/h4-16H,17-18H2,1-3H3,(H,27,29)(H,28,30). The molecule has 0 saturated carbocycles. The van der Waals surface area contributed by atoms with Crippen LogP contribution in [0.15, 0.2) is 78.9 Å². The van der Waals surface area contributed by atoms with Gasteiger partial charge in [-0.1, -0.05) is 42.5 Å². The first-order valence-electron chi connectivity index (χ1n) is 10.5. The first-order chi connectivity index (χ1) is 15.3. The number of carbonyl (C=O) groups is 2. The third kappa shape index (κ3) is 6.60. The molecule has 0 aliphatic heterocycles. The van der Waals surface area contributed by atoms with Gasteiger partial charge in [-0.25, -0.2) is 0 Å². The first kappa shape index (κ1) is 22.9. The highest BCUT2D eigenvalue weighted by Gasteiger charge is 2.20. The van der Waals surface area contributed by atoms with E-state index in [-0.39, 0.29) is 18.4 Å². The van der Waals surface area contributed by atoms with Crippen molar-refractivity contribution in [3.63, 3.8) is 0 Å². The molecular weight excluding hydrogens is 404 g/mol. The summed E-state index contributed by atoms with van der Waals surface area (Å²) in [7, 11) is 0.